The van der Waals surface area contributed by atoms with Gasteiger partial charge in [-0.05, 0) is 12.8 Å². The van der Waals surface area contributed by atoms with Crippen LogP contribution in [0.25, 0.3) is 0 Å². The molecule has 0 aromatic carbocycles. The predicted molar refractivity (Wildman–Crippen MR) is 67.4 cm³/mol. The number of amides is 4. The first kappa shape index (κ1) is 17.1. The molecule has 0 saturated heterocycles. The number of hydrogen-bond acceptors (Lipinski definition) is 5. The standard InChI is InChI=1S/C10H21N5O4/c1-2-6(16)5-13-8(17)4-3-7(9(18)15-12)14-10(11)19/h6-7,16H,2-5,12H2,1H3,(H,13,17)(H,15,18)(H3,11,14,19)/t6?,7-/m0/s1. The molecule has 0 aromatic heterocycles. The summed E-state index contributed by atoms with van der Waals surface area (Å²) in [6, 6.07) is -1.85. The van der Waals surface area contributed by atoms with Crippen molar-refractivity contribution >= 4 is 17.8 Å². The summed E-state index contributed by atoms with van der Waals surface area (Å²) in [5.74, 6) is 3.97. The van der Waals surface area contributed by atoms with Crippen molar-refractivity contribution in [3.05, 3.63) is 0 Å². The quantitative estimate of drug-likeness (QED) is 0.166. The lowest BCUT2D eigenvalue weighted by atomic mass is 10.1. The zero-order valence-electron chi connectivity index (χ0n) is 10.8. The van der Waals surface area contributed by atoms with Gasteiger partial charge in [0.2, 0.25) is 5.91 Å². The molecule has 0 fully saturated rings. The molecular weight excluding hydrogens is 254 g/mol. The second-order valence-corrected chi connectivity index (χ2v) is 3.97. The van der Waals surface area contributed by atoms with Gasteiger partial charge in [-0.1, -0.05) is 6.92 Å². The summed E-state index contributed by atoms with van der Waals surface area (Å²) in [5, 5.41) is 13.9. The van der Waals surface area contributed by atoms with Crippen molar-refractivity contribution in [2.45, 2.75) is 38.3 Å². The maximum atomic E-state index is 11.4. The van der Waals surface area contributed by atoms with E-state index in [1.54, 1.807) is 6.92 Å². The van der Waals surface area contributed by atoms with Gasteiger partial charge < -0.3 is 21.5 Å². The molecule has 9 heteroatoms. The van der Waals surface area contributed by atoms with E-state index in [1.807, 2.05) is 5.43 Å². The number of rotatable bonds is 8. The molecule has 0 aliphatic carbocycles. The van der Waals surface area contributed by atoms with Gasteiger partial charge in [-0.15, -0.1) is 0 Å². The van der Waals surface area contributed by atoms with Crippen LogP contribution in [0.2, 0.25) is 0 Å². The molecule has 9 nitrogen and oxygen atoms in total. The first-order valence-electron chi connectivity index (χ1n) is 5.91. The summed E-state index contributed by atoms with van der Waals surface area (Å²) >= 11 is 0. The van der Waals surface area contributed by atoms with Crippen LogP contribution in [0, 0.1) is 0 Å². The van der Waals surface area contributed by atoms with Crippen LogP contribution in [0.5, 0.6) is 0 Å². The Balaban J connectivity index is 4.13. The maximum absolute atomic E-state index is 11.4. The Labute approximate surface area is 111 Å². The van der Waals surface area contributed by atoms with E-state index < -0.39 is 24.1 Å². The van der Waals surface area contributed by atoms with Gasteiger partial charge in [-0.25, -0.2) is 10.6 Å². The van der Waals surface area contributed by atoms with Gasteiger partial charge >= 0.3 is 6.03 Å². The molecule has 1 unspecified atom stereocenters. The van der Waals surface area contributed by atoms with E-state index in [0.29, 0.717) is 6.42 Å². The minimum Gasteiger partial charge on any atom is -0.391 e. The average Bonchev–Trinajstić information content (AvgIpc) is 2.39. The van der Waals surface area contributed by atoms with E-state index in [0.717, 1.165) is 0 Å². The van der Waals surface area contributed by atoms with Gasteiger partial charge in [-0.3, -0.25) is 15.0 Å². The third-order valence-corrected chi connectivity index (χ3v) is 2.44. The highest BCUT2D eigenvalue weighted by atomic mass is 16.3. The van der Waals surface area contributed by atoms with Crippen LogP contribution in [0.15, 0.2) is 0 Å². The molecule has 0 heterocycles. The summed E-state index contributed by atoms with van der Waals surface area (Å²) < 4.78 is 0. The number of primary amides is 1. The van der Waals surface area contributed by atoms with Gasteiger partial charge in [0.25, 0.3) is 5.91 Å². The Kier molecular flexibility index (Phi) is 8.22. The monoisotopic (exact) mass is 275 g/mol. The average molecular weight is 275 g/mol. The Morgan fingerprint density at radius 3 is 2.42 bits per heavy atom. The van der Waals surface area contributed by atoms with Crippen LogP contribution in [0.3, 0.4) is 0 Å². The minimum absolute atomic E-state index is 0.00516. The summed E-state index contributed by atoms with van der Waals surface area (Å²) in [6.07, 6.45) is -0.0212. The van der Waals surface area contributed by atoms with Crippen LogP contribution >= 0.6 is 0 Å². The second-order valence-electron chi connectivity index (χ2n) is 3.97. The molecule has 0 aliphatic heterocycles. The molecule has 0 aromatic rings. The highest BCUT2D eigenvalue weighted by Gasteiger charge is 2.20. The van der Waals surface area contributed by atoms with Crippen LogP contribution in [-0.4, -0.2) is 41.6 Å². The molecule has 2 atom stereocenters. The van der Waals surface area contributed by atoms with Crippen molar-refractivity contribution in [1.82, 2.24) is 16.1 Å². The van der Waals surface area contributed by atoms with E-state index >= 15 is 0 Å². The highest BCUT2D eigenvalue weighted by molar-refractivity contribution is 5.86. The van der Waals surface area contributed by atoms with Crippen molar-refractivity contribution in [2.24, 2.45) is 11.6 Å². The van der Waals surface area contributed by atoms with Crippen LogP contribution < -0.4 is 27.6 Å². The molecule has 0 spiro atoms. The number of hydrogen-bond donors (Lipinski definition) is 6. The summed E-state index contributed by atoms with van der Waals surface area (Å²) in [4.78, 5) is 33.4. The number of nitrogens with one attached hydrogen (secondary N) is 3. The summed E-state index contributed by atoms with van der Waals surface area (Å²) in [5.41, 5.74) is 6.78. The van der Waals surface area contributed by atoms with Crippen molar-refractivity contribution < 1.29 is 19.5 Å². The number of carbonyl (C=O) groups is 3. The SMILES string of the molecule is CCC(O)CNC(=O)CC[C@H](NC(N)=O)C(=O)NN. The number of carbonyl (C=O) groups excluding carboxylic acids is 3. The predicted octanol–water partition coefficient (Wildman–Crippen LogP) is -2.32. The molecule has 0 bridgehead atoms. The summed E-state index contributed by atoms with van der Waals surface area (Å²) in [6.45, 7) is 1.93. The van der Waals surface area contributed by atoms with Crippen LogP contribution in [-0.2, 0) is 9.59 Å². The number of nitrogens with two attached hydrogens (primary N) is 2. The molecule has 0 radical (unpaired) electrons. The largest absolute Gasteiger partial charge is 0.391 e. The highest BCUT2D eigenvalue weighted by Crippen LogP contribution is 1.98. The van der Waals surface area contributed by atoms with Gasteiger partial charge in [0.05, 0.1) is 6.10 Å². The smallest absolute Gasteiger partial charge is 0.312 e. The van der Waals surface area contributed by atoms with Gasteiger partial charge in [0.1, 0.15) is 6.04 Å². The first-order chi connectivity index (χ1) is 8.90. The fourth-order valence-electron chi connectivity index (χ4n) is 1.28. The van der Waals surface area contributed by atoms with Crippen molar-refractivity contribution in [2.75, 3.05) is 6.54 Å². The Bertz CT molecular complexity index is 323. The van der Waals surface area contributed by atoms with Crippen molar-refractivity contribution in [3.63, 3.8) is 0 Å². The summed E-state index contributed by atoms with van der Waals surface area (Å²) in [7, 11) is 0. The van der Waals surface area contributed by atoms with E-state index in [2.05, 4.69) is 10.6 Å². The van der Waals surface area contributed by atoms with E-state index in [9.17, 15) is 19.5 Å². The van der Waals surface area contributed by atoms with Crippen molar-refractivity contribution in [3.8, 4) is 0 Å². The zero-order valence-corrected chi connectivity index (χ0v) is 10.8. The topological polar surface area (TPSA) is 160 Å². The molecule has 0 saturated carbocycles. The normalized spacial score (nSPS) is 13.2. The van der Waals surface area contributed by atoms with Crippen molar-refractivity contribution in [1.29, 1.82) is 0 Å². The van der Waals surface area contributed by atoms with Gasteiger partial charge in [0, 0.05) is 13.0 Å². The lowest BCUT2D eigenvalue weighted by Crippen LogP contribution is -2.50. The second kappa shape index (κ2) is 9.11. The van der Waals surface area contributed by atoms with Crippen LogP contribution in [0.4, 0.5) is 4.79 Å². The fraction of sp³-hybridized carbons (Fsp3) is 0.700. The number of urea groups is 1. The lowest BCUT2D eigenvalue weighted by Gasteiger charge is -2.15. The fourth-order valence-corrected chi connectivity index (χ4v) is 1.28. The lowest BCUT2D eigenvalue weighted by molar-refractivity contribution is -0.124. The number of aliphatic hydroxyl groups excluding tert-OH is 1. The molecule has 0 rings (SSSR count). The molecule has 4 amide bonds. The molecule has 8 N–H and O–H groups in total. The van der Waals surface area contributed by atoms with E-state index in [1.165, 1.54) is 0 Å². The van der Waals surface area contributed by atoms with Gasteiger partial charge in [-0.2, -0.15) is 0 Å². The molecule has 0 aliphatic rings. The maximum Gasteiger partial charge on any atom is 0.312 e. The van der Waals surface area contributed by atoms with Gasteiger partial charge in [0.15, 0.2) is 0 Å². The Hall–Kier alpha value is -1.87. The molecule has 110 valence electrons. The zero-order chi connectivity index (χ0) is 14.8. The Morgan fingerprint density at radius 1 is 1.32 bits per heavy atom. The third-order valence-electron chi connectivity index (χ3n) is 2.44. The van der Waals surface area contributed by atoms with E-state index in [-0.39, 0.29) is 25.3 Å². The molecule has 19 heavy (non-hydrogen) atoms. The van der Waals surface area contributed by atoms with E-state index in [4.69, 9.17) is 11.6 Å². The minimum atomic E-state index is -0.968. The number of hydrazine groups is 1. The van der Waals surface area contributed by atoms with Crippen LogP contribution in [0.1, 0.15) is 26.2 Å². The first-order valence-corrected chi connectivity index (χ1v) is 5.91. The number of aliphatic hydroxyl groups is 1. The Morgan fingerprint density at radius 2 is 1.95 bits per heavy atom. The molecular formula is C10H21N5O4. The third kappa shape index (κ3) is 7.95.